The zero-order valence-electron chi connectivity index (χ0n) is 11.1. The van der Waals surface area contributed by atoms with Crippen molar-refractivity contribution in [3.8, 4) is 0 Å². The molecular weight excluding hydrogens is 297 g/mol. The highest BCUT2D eigenvalue weighted by atomic mass is 35.5. The van der Waals surface area contributed by atoms with E-state index in [0.717, 1.165) is 24.9 Å². The van der Waals surface area contributed by atoms with Crippen molar-refractivity contribution in [1.29, 1.82) is 0 Å². The summed E-state index contributed by atoms with van der Waals surface area (Å²) in [5.41, 5.74) is 0.819. The van der Waals surface area contributed by atoms with Crippen molar-refractivity contribution in [1.82, 2.24) is 15.5 Å². The maximum Gasteiger partial charge on any atom is 0.246 e. The molecule has 1 aromatic heterocycles. The van der Waals surface area contributed by atoms with Gasteiger partial charge in [0, 0.05) is 6.42 Å². The molecule has 1 unspecified atom stereocenters. The van der Waals surface area contributed by atoms with Crippen LogP contribution in [-0.2, 0) is 12.0 Å². The zero-order chi connectivity index (χ0) is 14.2. The Bertz CT molecular complexity index is 621. The Morgan fingerprint density at radius 1 is 1.35 bits per heavy atom. The lowest BCUT2D eigenvalue weighted by molar-refractivity contribution is 0.274. The Morgan fingerprint density at radius 3 is 2.90 bits per heavy atom. The van der Waals surface area contributed by atoms with Crippen LogP contribution >= 0.6 is 23.2 Å². The van der Waals surface area contributed by atoms with Crippen LogP contribution in [0.4, 0.5) is 0 Å². The quantitative estimate of drug-likeness (QED) is 0.941. The van der Waals surface area contributed by atoms with E-state index in [1.807, 2.05) is 12.1 Å². The molecule has 0 saturated carbocycles. The molecule has 106 valence electrons. The van der Waals surface area contributed by atoms with Crippen LogP contribution in [0, 0.1) is 0 Å². The SMILES string of the molecule is CC1(c2nc(Cc3ccc(Cl)c(Cl)c3)no2)CCCN1. The van der Waals surface area contributed by atoms with Crippen LogP contribution in [0.3, 0.4) is 0 Å². The summed E-state index contributed by atoms with van der Waals surface area (Å²) < 4.78 is 5.40. The van der Waals surface area contributed by atoms with Gasteiger partial charge < -0.3 is 9.84 Å². The summed E-state index contributed by atoms with van der Waals surface area (Å²) >= 11 is 11.9. The highest BCUT2D eigenvalue weighted by Gasteiger charge is 2.35. The van der Waals surface area contributed by atoms with Crippen molar-refractivity contribution < 1.29 is 4.52 Å². The van der Waals surface area contributed by atoms with Crippen LogP contribution in [0.25, 0.3) is 0 Å². The van der Waals surface area contributed by atoms with Gasteiger partial charge in [-0.3, -0.25) is 0 Å². The number of nitrogens with zero attached hydrogens (tertiary/aromatic N) is 2. The number of aromatic nitrogens is 2. The molecule has 20 heavy (non-hydrogen) atoms. The summed E-state index contributed by atoms with van der Waals surface area (Å²) in [6.07, 6.45) is 2.72. The van der Waals surface area contributed by atoms with E-state index in [2.05, 4.69) is 22.4 Å². The molecular formula is C14H15Cl2N3O. The maximum absolute atomic E-state index is 6.00. The van der Waals surface area contributed by atoms with E-state index in [4.69, 9.17) is 27.7 Å². The maximum atomic E-state index is 6.00. The summed E-state index contributed by atoms with van der Waals surface area (Å²) in [6, 6.07) is 5.52. The summed E-state index contributed by atoms with van der Waals surface area (Å²) in [5, 5.41) is 8.55. The molecule has 3 rings (SSSR count). The lowest BCUT2D eigenvalue weighted by atomic mass is 10.0. The topological polar surface area (TPSA) is 51.0 Å². The molecule has 2 heterocycles. The molecule has 1 fully saturated rings. The van der Waals surface area contributed by atoms with E-state index < -0.39 is 0 Å². The van der Waals surface area contributed by atoms with Gasteiger partial charge in [-0.1, -0.05) is 34.4 Å². The minimum Gasteiger partial charge on any atom is -0.337 e. The smallest absolute Gasteiger partial charge is 0.246 e. The average molecular weight is 312 g/mol. The van der Waals surface area contributed by atoms with Crippen molar-refractivity contribution in [2.75, 3.05) is 6.54 Å². The van der Waals surface area contributed by atoms with Gasteiger partial charge in [0.05, 0.1) is 15.6 Å². The van der Waals surface area contributed by atoms with Crippen LogP contribution in [0.2, 0.25) is 10.0 Å². The normalized spacial score (nSPS) is 22.4. The Hall–Kier alpha value is -1.10. The van der Waals surface area contributed by atoms with Crippen LogP contribution < -0.4 is 5.32 Å². The first-order valence-corrected chi connectivity index (χ1v) is 7.34. The molecule has 1 N–H and O–H groups in total. The molecule has 1 aliphatic heterocycles. The molecule has 0 amide bonds. The van der Waals surface area contributed by atoms with Gasteiger partial charge in [-0.2, -0.15) is 4.98 Å². The minimum atomic E-state index is -0.192. The predicted octanol–water partition coefficient (Wildman–Crippen LogP) is 3.57. The van der Waals surface area contributed by atoms with Crippen LogP contribution in [0.1, 0.15) is 37.0 Å². The van der Waals surface area contributed by atoms with Gasteiger partial charge >= 0.3 is 0 Å². The Balaban J connectivity index is 1.78. The fourth-order valence-electron chi connectivity index (χ4n) is 2.46. The fraction of sp³-hybridized carbons (Fsp3) is 0.429. The molecule has 1 aromatic carbocycles. The van der Waals surface area contributed by atoms with Gasteiger partial charge in [-0.05, 0) is 44.0 Å². The fourth-order valence-corrected chi connectivity index (χ4v) is 2.78. The molecule has 0 aliphatic carbocycles. The largest absolute Gasteiger partial charge is 0.337 e. The molecule has 1 saturated heterocycles. The van der Waals surface area contributed by atoms with Gasteiger partial charge in [0.15, 0.2) is 5.82 Å². The third-order valence-corrected chi connectivity index (χ3v) is 4.39. The van der Waals surface area contributed by atoms with Crippen LogP contribution in [0.15, 0.2) is 22.7 Å². The third-order valence-electron chi connectivity index (χ3n) is 3.66. The van der Waals surface area contributed by atoms with Gasteiger partial charge in [0.1, 0.15) is 0 Å². The van der Waals surface area contributed by atoms with E-state index in [9.17, 15) is 0 Å². The molecule has 0 radical (unpaired) electrons. The number of rotatable bonds is 3. The first-order valence-electron chi connectivity index (χ1n) is 6.59. The second kappa shape index (κ2) is 5.35. The van der Waals surface area contributed by atoms with E-state index in [1.165, 1.54) is 0 Å². The highest BCUT2D eigenvalue weighted by Crippen LogP contribution is 2.29. The molecule has 0 bridgehead atoms. The van der Waals surface area contributed by atoms with Gasteiger partial charge in [0.2, 0.25) is 5.89 Å². The van der Waals surface area contributed by atoms with E-state index in [0.29, 0.717) is 28.2 Å². The van der Waals surface area contributed by atoms with Crippen LogP contribution in [-0.4, -0.2) is 16.7 Å². The first kappa shape index (κ1) is 13.9. The third kappa shape index (κ3) is 2.68. The number of hydrogen-bond acceptors (Lipinski definition) is 4. The second-order valence-electron chi connectivity index (χ2n) is 5.30. The highest BCUT2D eigenvalue weighted by molar-refractivity contribution is 6.42. The lowest BCUT2D eigenvalue weighted by Crippen LogP contribution is -2.33. The van der Waals surface area contributed by atoms with E-state index >= 15 is 0 Å². The minimum absolute atomic E-state index is 0.192. The van der Waals surface area contributed by atoms with E-state index in [1.54, 1.807) is 6.07 Å². The van der Waals surface area contributed by atoms with Crippen molar-refractivity contribution in [3.63, 3.8) is 0 Å². The van der Waals surface area contributed by atoms with Crippen molar-refractivity contribution in [3.05, 3.63) is 45.5 Å². The Labute approximate surface area is 127 Å². The first-order chi connectivity index (χ1) is 9.57. The van der Waals surface area contributed by atoms with Crippen LogP contribution in [0.5, 0.6) is 0 Å². The molecule has 2 aromatic rings. The second-order valence-corrected chi connectivity index (χ2v) is 6.12. The summed E-state index contributed by atoms with van der Waals surface area (Å²) in [7, 11) is 0. The number of nitrogens with one attached hydrogen (secondary N) is 1. The summed E-state index contributed by atoms with van der Waals surface area (Å²) in [5.74, 6) is 1.32. The monoisotopic (exact) mass is 311 g/mol. The lowest BCUT2D eigenvalue weighted by Gasteiger charge is -2.18. The predicted molar refractivity (Wildman–Crippen MR) is 78.2 cm³/mol. The average Bonchev–Trinajstić information content (AvgIpc) is 3.04. The van der Waals surface area contributed by atoms with Gasteiger partial charge in [0.25, 0.3) is 0 Å². The van der Waals surface area contributed by atoms with Crippen molar-refractivity contribution >= 4 is 23.2 Å². The summed E-state index contributed by atoms with van der Waals surface area (Å²) in [4.78, 5) is 4.50. The zero-order valence-corrected chi connectivity index (χ0v) is 12.6. The molecule has 6 heteroatoms. The molecule has 0 spiro atoms. The molecule has 1 atom stereocenters. The van der Waals surface area contributed by atoms with Crippen molar-refractivity contribution in [2.24, 2.45) is 0 Å². The number of hydrogen-bond donors (Lipinski definition) is 1. The number of halogens is 2. The van der Waals surface area contributed by atoms with Crippen molar-refractivity contribution in [2.45, 2.75) is 31.7 Å². The molecule has 4 nitrogen and oxygen atoms in total. The molecule has 1 aliphatic rings. The summed E-state index contributed by atoms with van der Waals surface area (Å²) in [6.45, 7) is 3.08. The van der Waals surface area contributed by atoms with Gasteiger partial charge in [-0.15, -0.1) is 0 Å². The Kier molecular flexibility index (Phi) is 3.71. The Morgan fingerprint density at radius 2 is 2.20 bits per heavy atom. The number of benzene rings is 1. The van der Waals surface area contributed by atoms with Gasteiger partial charge in [-0.25, -0.2) is 0 Å². The standard InChI is InChI=1S/C14H15Cl2N3O/c1-14(5-2-6-17-14)13-18-12(19-20-13)8-9-3-4-10(15)11(16)7-9/h3-4,7,17H,2,5-6,8H2,1H3. The van der Waals surface area contributed by atoms with E-state index in [-0.39, 0.29) is 5.54 Å².